The van der Waals surface area contributed by atoms with Crippen molar-refractivity contribution in [3.8, 4) is 0 Å². The van der Waals surface area contributed by atoms with Gasteiger partial charge in [-0.15, -0.1) is 0 Å². The maximum atomic E-state index is 11.2. The first kappa shape index (κ1) is 12.7. The van der Waals surface area contributed by atoms with Crippen LogP contribution in [0.1, 0.15) is 27.7 Å². The molecule has 3 N–H and O–H groups in total. The molecular formula is C9H18N2O3. The van der Waals surface area contributed by atoms with E-state index in [2.05, 4.69) is 10.6 Å². The second-order valence-electron chi connectivity index (χ2n) is 4.16. The molecular weight excluding hydrogens is 184 g/mol. The van der Waals surface area contributed by atoms with E-state index in [4.69, 9.17) is 5.11 Å². The van der Waals surface area contributed by atoms with Crippen LogP contribution in [0.25, 0.3) is 0 Å². The first-order valence-electron chi connectivity index (χ1n) is 4.55. The zero-order valence-corrected chi connectivity index (χ0v) is 9.05. The summed E-state index contributed by atoms with van der Waals surface area (Å²) in [7, 11) is 0. The minimum Gasteiger partial charge on any atom is -0.480 e. The number of urea groups is 1. The molecule has 5 nitrogen and oxygen atoms in total. The highest BCUT2D eigenvalue weighted by atomic mass is 16.4. The average molecular weight is 202 g/mol. The molecule has 0 radical (unpaired) electrons. The molecule has 0 aromatic heterocycles. The maximum absolute atomic E-state index is 11.2. The van der Waals surface area contributed by atoms with Gasteiger partial charge in [0.15, 0.2) is 0 Å². The van der Waals surface area contributed by atoms with Crippen LogP contribution in [0.15, 0.2) is 0 Å². The second kappa shape index (κ2) is 4.83. The number of amides is 2. The molecule has 0 heterocycles. The quantitative estimate of drug-likeness (QED) is 0.631. The number of carboxylic acid groups (broad SMARTS) is 1. The van der Waals surface area contributed by atoms with Crippen LogP contribution in [0.2, 0.25) is 0 Å². The fraction of sp³-hybridized carbons (Fsp3) is 0.778. The largest absolute Gasteiger partial charge is 0.480 e. The van der Waals surface area contributed by atoms with Crippen molar-refractivity contribution in [3.05, 3.63) is 0 Å². The van der Waals surface area contributed by atoms with Crippen LogP contribution in [0.4, 0.5) is 4.79 Å². The lowest BCUT2D eigenvalue weighted by molar-refractivity contribution is -0.142. The highest BCUT2D eigenvalue weighted by Crippen LogP contribution is 2.00. The zero-order valence-electron chi connectivity index (χ0n) is 9.05. The van der Waals surface area contributed by atoms with Crippen LogP contribution in [0.3, 0.4) is 0 Å². The van der Waals surface area contributed by atoms with Gasteiger partial charge in [0.2, 0.25) is 0 Å². The van der Waals surface area contributed by atoms with Gasteiger partial charge in [0, 0.05) is 6.54 Å². The number of rotatable bonds is 4. The summed E-state index contributed by atoms with van der Waals surface area (Å²) in [6.07, 6.45) is 0. The van der Waals surface area contributed by atoms with Gasteiger partial charge in [-0.05, 0) is 19.8 Å². The lowest BCUT2D eigenvalue weighted by Gasteiger charge is -2.21. The van der Waals surface area contributed by atoms with E-state index in [1.807, 2.05) is 13.8 Å². The van der Waals surface area contributed by atoms with E-state index >= 15 is 0 Å². The fourth-order valence-electron chi connectivity index (χ4n) is 0.678. The predicted octanol–water partition coefficient (Wildman–Crippen LogP) is 0.805. The molecule has 5 heteroatoms. The van der Waals surface area contributed by atoms with Gasteiger partial charge in [-0.2, -0.15) is 0 Å². The number of hydrogen-bond donors (Lipinski definition) is 3. The molecule has 0 fully saturated rings. The summed E-state index contributed by atoms with van der Waals surface area (Å²) >= 11 is 0. The van der Waals surface area contributed by atoms with Gasteiger partial charge in [-0.3, -0.25) is 0 Å². The number of aliphatic carboxylic acids is 1. The van der Waals surface area contributed by atoms with Crippen molar-refractivity contribution >= 4 is 12.0 Å². The van der Waals surface area contributed by atoms with Crippen LogP contribution < -0.4 is 10.6 Å². The van der Waals surface area contributed by atoms with Gasteiger partial charge in [0.1, 0.15) is 5.54 Å². The highest BCUT2D eigenvalue weighted by Gasteiger charge is 2.28. The minimum atomic E-state index is -1.24. The van der Waals surface area contributed by atoms with Crippen LogP contribution in [0.5, 0.6) is 0 Å². The Morgan fingerprint density at radius 3 is 2.21 bits per heavy atom. The second-order valence-corrected chi connectivity index (χ2v) is 4.16. The first-order chi connectivity index (χ1) is 6.25. The SMILES string of the molecule is CC(C)CNC(=O)NC(C)(C)C(=O)O. The number of carbonyl (C=O) groups is 2. The molecule has 0 saturated carbocycles. The lowest BCUT2D eigenvalue weighted by atomic mass is 10.1. The summed E-state index contributed by atoms with van der Waals surface area (Å²) in [5.41, 5.74) is -1.24. The number of carbonyl (C=O) groups excluding carboxylic acids is 1. The third kappa shape index (κ3) is 4.69. The Labute approximate surface area is 83.9 Å². The number of hydrogen-bond acceptors (Lipinski definition) is 2. The van der Waals surface area contributed by atoms with E-state index in [0.29, 0.717) is 12.5 Å². The Morgan fingerprint density at radius 1 is 1.36 bits per heavy atom. The maximum Gasteiger partial charge on any atom is 0.328 e. The van der Waals surface area contributed by atoms with E-state index in [-0.39, 0.29) is 0 Å². The molecule has 0 aliphatic rings. The average Bonchev–Trinajstić information content (AvgIpc) is 1.99. The van der Waals surface area contributed by atoms with Crippen molar-refractivity contribution in [2.24, 2.45) is 5.92 Å². The van der Waals surface area contributed by atoms with Crippen LogP contribution in [-0.2, 0) is 4.79 Å². The Morgan fingerprint density at radius 2 is 1.86 bits per heavy atom. The molecule has 2 amide bonds. The van der Waals surface area contributed by atoms with Gasteiger partial charge in [-0.1, -0.05) is 13.8 Å². The van der Waals surface area contributed by atoms with Gasteiger partial charge >= 0.3 is 12.0 Å². The first-order valence-corrected chi connectivity index (χ1v) is 4.55. The Hall–Kier alpha value is -1.26. The molecule has 14 heavy (non-hydrogen) atoms. The van der Waals surface area contributed by atoms with Crippen molar-refractivity contribution in [2.45, 2.75) is 33.2 Å². The molecule has 82 valence electrons. The Kier molecular flexibility index (Phi) is 4.40. The molecule has 0 aliphatic heterocycles. The van der Waals surface area contributed by atoms with E-state index < -0.39 is 17.5 Å². The van der Waals surface area contributed by atoms with Gasteiger partial charge in [-0.25, -0.2) is 9.59 Å². The monoisotopic (exact) mass is 202 g/mol. The minimum absolute atomic E-state index is 0.341. The van der Waals surface area contributed by atoms with E-state index in [9.17, 15) is 9.59 Å². The normalized spacial score (nSPS) is 11.2. The zero-order chi connectivity index (χ0) is 11.4. The summed E-state index contributed by atoms with van der Waals surface area (Å²) in [5, 5.41) is 13.7. The van der Waals surface area contributed by atoms with Crippen LogP contribution >= 0.6 is 0 Å². The summed E-state index contributed by atoms with van der Waals surface area (Å²) in [6.45, 7) is 7.32. The predicted molar refractivity (Wildman–Crippen MR) is 53.1 cm³/mol. The summed E-state index contributed by atoms with van der Waals surface area (Å²) < 4.78 is 0. The number of nitrogens with one attached hydrogen (secondary N) is 2. The van der Waals surface area contributed by atoms with Crippen molar-refractivity contribution in [2.75, 3.05) is 6.54 Å². The third-order valence-electron chi connectivity index (χ3n) is 1.63. The van der Waals surface area contributed by atoms with E-state index in [1.54, 1.807) is 0 Å². The number of carboxylic acids is 1. The van der Waals surface area contributed by atoms with Gasteiger partial charge in [0.25, 0.3) is 0 Å². The van der Waals surface area contributed by atoms with Gasteiger partial charge < -0.3 is 15.7 Å². The Bertz CT molecular complexity index is 224. The molecule has 0 atom stereocenters. The molecule has 0 rings (SSSR count). The topological polar surface area (TPSA) is 78.4 Å². The van der Waals surface area contributed by atoms with Crippen molar-refractivity contribution in [1.29, 1.82) is 0 Å². The molecule has 0 saturated heterocycles. The standard InChI is InChI=1S/C9H18N2O3/c1-6(2)5-10-8(14)11-9(3,4)7(12)13/h6H,5H2,1-4H3,(H,12,13)(H2,10,11,14). The summed E-state index contributed by atoms with van der Waals surface area (Å²) in [5.74, 6) is -0.717. The molecule has 0 aliphatic carbocycles. The highest BCUT2D eigenvalue weighted by molar-refractivity contribution is 5.85. The van der Waals surface area contributed by atoms with E-state index in [1.165, 1.54) is 13.8 Å². The van der Waals surface area contributed by atoms with Crippen molar-refractivity contribution < 1.29 is 14.7 Å². The van der Waals surface area contributed by atoms with E-state index in [0.717, 1.165) is 0 Å². The van der Waals surface area contributed by atoms with Gasteiger partial charge in [0.05, 0.1) is 0 Å². The smallest absolute Gasteiger partial charge is 0.328 e. The molecule has 0 spiro atoms. The molecule has 0 bridgehead atoms. The van der Waals surface area contributed by atoms with Crippen LogP contribution in [-0.4, -0.2) is 29.2 Å². The molecule has 0 unspecified atom stereocenters. The Balaban J connectivity index is 4.00. The fourth-order valence-corrected chi connectivity index (χ4v) is 0.678. The summed E-state index contributed by atoms with van der Waals surface area (Å²) in [4.78, 5) is 21.8. The van der Waals surface area contributed by atoms with Crippen molar-refractivity contribution in [3.63, 3.8) is 0 Å². The third-order valence-corrected chi connectivity index (χ3v) is 1.63. The summed E-state index contributed by atoms with van der Waals surface area (Å²) in [6, 6.07) is -0.453. The molecule has 0 aromatic carbocycles. The van der Waals surface area contributed by atoms with Crippen molar-refractivity contribution in [1.82, 2.24) is 10.6 Å². The lowest BCUT2D eigenvalue weighted by Crippen LogP contribution is -2.53. The van der Waals surface area contributed by atoms with Crippen LogP contribution in [0, 0.1) is 5.92 Å². The molecule has 0 aromatic rings.